The molecule has 0 spiro atoms. The highest BCUT2D eigenvalue weighted by atomic mass is 19.4. The van der Waals surface area contributed by atoms with Gasteiger partial charge in [0.15, 0.2) is 0 Å². The molecule has 0 fully saturated rings. The Labute approximate surface area is 116 Å². The first-order valence-corrected chi connectivity index (χ1v) is 6.46. The third-order valence-electron chi connectivity index (χ3n) is 3.42. The molecule has 1 rings (SSSR count). The normalized spacial score (nSPS) is 11.8. The van der Waals surface area contributed by atoms with Gasteiger partial charge >= 0.3 is 6.18 Å². The zero-order valence-corrected chi connectivity index (χ0v) is 11.8. The molecule has 0 unspecified atom stereocenters. The van der Waals surface area contributed by atoms with Gasteiger partial charge in [-0.2, -0.15) is 13.2 Å². The molecule has 0 bridgehead atoms. The van der Waals surface area contributed by atoms with Gasteiger partial charge in [-0.3, -0.25) is 4.79 Å². The van der Waals surface area contributed by atoms with Crippen molar-refractivity contribution in [2.75, 3.05) is 12.8 Å². The lowest BCUT2D eigenvalue weighted by atomic mass is 10.1. The van der Waals surface area contributed by atoms with Crippen LogP contribution in [-0.2, 0) is 6.18 Å². The number of amides is 1. The second-order valence-corrected chi connectivity index (χ2v) is 4.69. The molecule has 0 heterocycles. The molecule has 20 heavy (non-hydrogen) atoms. The van der Waals surface area contributed by atoms with Crippen molar-refractivity contribution in [3.05, 3.63) is 29.3 Å². The highest BCUT2D eigenvalue weighted by molar-refractivity contribution is 5.95. The SMILES string of the molecule is CCC(CC)N(C)C(=O)c1ccc(N)c(C(F)(F)F)c1. The van der Waals surface area contributed by atoms with Gasteiger partial charge in [0.05, 0.1) is 5.56 Å². The summed E-state index contributed by atoms with van der Waals surface area (Å²) in [6.07, 6.45) is -3.06. The van der Waals surface area contributed by atoms with Crippen LogP contribution >= 0.6 is 0 Å². The van der Waals surface area contributed by atoms with E-state index in [0.717, 1.165) is 25.0 Å². The number of hydrogen-bond donors (Lipinski definition) is 1. The smallest absolute Gasteiger partial charge is 0.398 e. The molecule has 2 N–H and O–H groups in total. The van der Waals surface area contributed by atoms with Gasteiger partial charge in [0.2, 0.25) is 0 Å². The summed E-state index contributed by atoms with van der Waals surface area (Å²) in [4.78, 5) is 13.7. The van der Waals surface area contributed by atoms with Crippen molar-refractivity contribution in [3.63, 3.8) is 0 Å². The van der Waals surface area contributed by atoms with E-state index in [1.807, 2.05) is 13.8 Å². The Morgan fingerprint density at radius 3 is 2.30 bits per heavy atom. The molecule has 0 aliphatic heterocycles. The van der Waals surface area contributed by atoms with Crippen molar-refractivity contribution < 1.29 is 18.0 Å². The molecule has 0 atom stereocenters. The van der Waals surface area contributed by atoms with Crippen LogP contribution in [0.5, 0.6) is 0 Å². The zero-order valence-electron chi connectivity index (χ0n) is 11.8. The lowest BCUT2D eigenvalue weighted by molar-refractivity contribution is -0.136. The number of anilines is 1. The van der Waals surface area contributed by atoms with E-state index >= 15 is 0 Å². The average molecular weight is 288 g/mol. The van der Waals surface area contributed by atoms with Crippen molar-refractivity contribution in [1.82, 2.24) is 4.90 Å². The molecule has 0 aromatic heterocycles. The molecule has 1 aromatic rings. The fraction of sp³-hybridized carbons (Fsp3) is 0.500. The van der Waals surface area contributed by atoms with Gasteiger partial charge in [0.25, 0.3) is 5.91 Å². The Morgan fingerprint density at radius 2 is 1.85 bits per heavy atom. The van der Waals surface area contributed by atoms with E-state index < -0.39 is 17.6 Å². The first-order valence-electron chi connectivity index (χ1n) is 6.46. The fourth-order valence-electron chi connectivity index (χ4n) is 2.14. The number of halogens is 3. The lowest BCUT2D eigenvalue weighted by Gasteiger charge is -2.26. The molecule has 1 aromatic carbocycles. The maximum atomic E-state index is 12.8. The van der Waals surface area contributed by atoms with E-state index in [1.165, 1.54) is 11.0 Å². The van der Waals surface area contributed by atoms with Gasteiger partial charge in [-0.15, -0.1) is 0 Å². The van der Waals surface area contributed by atoms with Crippen LogP contribution in [0.25, 0.3) is 0 Å². The van der Waals surface area contributed by atoms with Crippen LogP contribution in [0.15, 0.2) is 18.2 Å². The molecule has 1 amide bonds. The number of alkyl halides is 3. The monoisotopic (exact) mass is 288 g/mol. The van der Waals surface area contributed by atoms with Gasteiger partial charge in [-0.1, -0.05) is 13.8 Å². The zero-order chi connectivity index (χ0) is 15.5. The summed E-state index contributed by atoms with van der Waals surface area (Å²) in [5, 5.41) is 0. The standard InChI is InChI=1S/C14H19F3N2O/c1-4-10(5-2)19(3)13(20)9-6-7-12(18)11(8-9)14(15,16)17/h6-8,10H,4-5,18H2,1-3H3. The number of nitrogens with two attached hydrogens (primary N) is 1. The van der Waals surface area contributed by atoms with Gasteiger partial charge < -0.3 is 10.6 Å². The maximum absolute atomic E-state index is 12.8. The maximum Gasteiger partial charge on any atom is 0.418 e. The van der Waals surface area contributed by atoms with Crippen LogP contribution in [0.2, 0.25) is 0 Å². The third-order valence-corrected chi connectivity index (χ3v) is 3.42. The van der Waals surface area contributed by atoms with Gasteiger partial charge in [-0.05, 0) is 31.0 Å². The molecule has 112 valence electrons. The minimum Gasteiger partial charge on any atom is -0.398 e. The van der Waals surface area contributed by atoms with Gasteiger partial charge in [-0.25, -0.2) is 0 Å². The quantitative estimate of drug-likeness (QED) is 0.861. The summed E-state index contributed by atoms with van der Waals surface area (Å²) >= 11 is 0. The largest absolute Gasteiger partial charge is 0.418 e. The first kappa shape index (κ1) is 16.3. The summed E-state index contributed by atoms with van der Waals surface area (Å²) in [6, 6.07) is 3.27. The van der Waals surface area contributed by atoms with Gasteiger partial charge in [0, 0.05) is 24.3 Å². The van der Waals surface area contributed by atoms with E-state index in [0.29, 0.717) is 0 Å². The van der Waals surface area contributed by atoms with E-state index in [-0.39, 0.29) is 17.3 Å². The van der Waals surface area contributed by atoms with Crippen molar-refractivity contribution in [3.8, 4) is 0 Å². The van der Waals surface area contributed by atoms with Crippen LogP contribution in [0.3, 0.4) is 0 Å². The van der Waals surface area contributed by atoms with Crippen LogP contribution < -0.4 is 5.73 Å². The topological polar surface area (TPSA) is 46.3 Å². The molecule has 0 aliphatic carbocycles. The summed E-state index contributed by atoms with van der Waals surface area (Å²) < 4.78 is 38.3. The Hall–Kier alpha value is -1.72. The van der Waals surface area contributed by atoms with Crippen LogP contribution in [-0.4, -0.2) is 23.9 Å². The number of carbonyl (C=O) groups excluding carboxylic acids is 1. The Morgan fingerprint density at radius 1 is 1.30 bits per heavy atom. The lowest BCUT2D eigenvalue weighted by Crippen LogP contribution is -2.36. The highest BCUT2D eigenvalue weighted by Gasteiger charge is 2.34. The first-order chi connectivity index (χ1) is 9.22. The highest BCUT2D eigenvalue weighted by Crippen LogP contribution is 2.34. The number of hydrogen-bond acceptors (Lipinski definition) is 2. The predicted octanol–water partition coefficient (Wildman–Crippen LogP) is 3.55. The molecule has 0 saturated heterocycles. The predicted molar refractivity (Wildman–Crippen MR) is 72.3 cm³/mol. The van der Waals surface area contributed by atoms with Crippen LogP contribution in [0.4, 0.5) is 18.9 Å². The molecule has 0 saturated carbocycles. The van der Waals surface area contributed by atoms with Crippen molar-refractivity contribution in [1.29, 1.82) is 0 Å². The Balaban J connectivity index is 3.12. The molecular weight excluding hydrogens is 269 g/mol. The summed E-state index contributed by atoms with van der Waals surface area (Å²) in [6.45, 7) is 3.87. The second kappa shape index (κ2) is 6.15. The summed E-state index contributed by atoms with van der Waals surface area (Å²) in [5.41, 5.74) is 3.97. The van der Waals surface area contributed by atoms with Gasteiger partial charge in [0.1, 0.15) is 0 Å². The fourth-order valence-corrected chi connectivity index (χ4v) is 2.14. The van der Waals surface area contributed by atoms with E-state index in [1.54, 1.807) is 7.05 Å². The van der Waals surface area contributed by atoms with E-state index in [9.17, 15) is 18.0 Å². The number of rotatable bonds is 4. The molecule has 0 radical (unpaired) electrons. The number of nitrogen functional groups attached to an aromatic ring is 1. The van der Waals surface area contributed by atoms with E-state index in [4.69, 9.17) is 5.73 Å². The van der Waals surface area contributed by atoms with Crippen LogP contribution in [0, 0.1) is 0 Å². The molecule has 6 heteroatoms. The molecule has 0 aliphatic rings. The average Bonchev–Trinajstić information content (AvgIpc) is 2.38. The van der Waals surface area contributed by atoms with Crippen molar-refractivity contribution in [2.24, 2.45) is 0 Å². The third kappa shape index (κ3) is 3.43. The Bertz CT molecular complexity index is 482. The number of carbonyl (C=O) groups is 1. The molecule has 3 nitrogen and oxygen atoms in total. The van der Waals surface area contributed by atoms with Crippen molar-refractivity contribution in [2.45, 2.75) is 38.9 Å². The van der Waals surface area contributed by atoms with Crippen LogP contribution in [0.1, 0.15) is 42.6 Å². The number of benzene rings is 1. The summed E-state index contributed by atoms with van der Waals surface area (Å²) in [5.74, 6) is -0.427. The minimum atomic E-state index is -4.56. The van der Waals surface area contributed by atoms with E-state index in [2.05, 4.69) is 0 Å². The Kier molecular flexibility index (Phi) is 5.03. The minimum absolute atomic E-state index is 0.000856. The number of nitrogens with zero attached hydrogens (tertiary/aromatic N) is 1. The second-order valence-electron chi connectivity index (χ2n) is 4.69. The summed E-state index contributed by atoms with van der Waals surface area (Å²) in [7, 11) is 1.60. The van der Waals surface area contributed by atoms with Crippen molar-refractivity contribution >= 4 is 11.6 Å². The molecular formula is C14H19F3N2O.